The molecule has 1 heterocycles. The molecular weight excluding hydrogens is 344 g/mol. The van der Waals surface area contributed by atoms with Gasteiger partial charge in [0.15, 0.2) is 0 Å². The Bertz CT molecular complexity index is 842. The fourth-order valence-electron chi connectivity index (χ4n) is 2.26. The first kappa shape index (κ1) is 19.2. The number of benzene rings is 1. The normalized spacial score (nSPS) is 14.1. The Hall–Kier alpha value is -2.16. The van der Waals surface area contributed by atoms with Crippen LogP contribution >= 0.6 is 0 Å². The van der Waals surface area contributed by atoms with Gasteiger partial charge >= 0.3 is 0 Å². The van der Waals surface area contributed by atoms with Crippen LogP contribution < -0.4 is 10.0 Å². The van der Waals surface area contributed by atoms with Crippen LogP contribution in [0.15, 0.2) is 45.9 Å². The van der Waals surface area contributed by atoms with E-state index in [1.807, 2.05) is 0 Å². The van der Waals surface area contributed by atoms with Crippen molar-refractivity contribution in [2.45, 2.75) is 37.7 Å². The number of sulfonamides is 1. The Morgan fingerprint density at radius 3 is 2.60 bits per heavy atom. The Morgan fingerprint density at radius 2 is 2.04 bits per heavy atom. The maximum atomic E-state index is 12.5. The summed E-state index contributed by atoms with van der Waals surface area (Å²) in [5, 5.41) is 13.0. The Morgan fingerprint density at radius 1 is 1.32 bits per heavy atom. The average molecular weight is 366 g/mol. The number of carbonyl (C=O) groups excluding carboxylic acids is 1. The van der Waals surface area contributed by atoms with E-state index in [1.165, 1.54) is 25.3 Å². The molecule has 0 aliphatic rings. The fraction of sp³-hybridized carbons (Fsp3) is 0.353. The molecule has 0 saturated carbocycles. The van der Waals surface area contributed by atoms with Crippen molar-refractivity contribution in [3.8, 4) is 0 Å². The molecule has 2 aromatic rings. The lowest BCUT2D eigenvalue weighted by Crippen LogP contribution is -2.38. The highest BCUT2D eigenvalue weighted by Gasteiger charge is 2.29. The van der Waals surface area contributed by atoms with Crippen molar-refractivity contribution in [1.29, 1.82) is 0 Å². The first-order chi connectivity index (χ1) is 11.7. The lowest BCUT2D eigenvalue weighted by atomic mass is 10.1. The second-order valence-electron chi connectivity index (χ2n) is 5.96. The topological polar surface area (TPSA) is 109 Å². The third kappa shape index (κ3) is 4.68. The van der Waals surface area contributed by atoms with Gasteiger partial charge in [0.05, 0.1) is 11.2 Å². The maximum Gasteiger partial charge on any atom is 0.240 e. The molecule has 0 aliphatic carbocycles. The fourth-order valence-corrected chi connectivity index (χ4v) is 3.62. The van der Waals surface area contributed by atoms with Crippen LogP contribution in [0.5, 0.6) is 0 Å². The van der Waals surface area contributed by atoms with Gasteiger partial charge in [0.1, 0.15) is 11.4 Å². The van der Waals surface area contributed by atoms with Crippen LogP contribution in [0.1, 0.15) is 31.6 Å². The summed E-state index contributed by atoms with van der Waals surface area (Å²) in [5.41, 5.74) is -0.454. The van der Waals surface area contributed by atoms with Crippen molar-refractivity contribution in [3.05, 3.63) is 47.9 Å². The lowest BCUT2D eigenvalue weighted by Gasteiger charge is -2.21. The Labute approximate surface area is 147 Å². The molecule has 7 nitrogen and oxygen atoms in total. The van der Waals surface area contributed by atoms with Gasteiger partial charge in [0.25, 0.3) is 0 Å². The van der Waals surface area contributed by atoms with Crippen molar-refractivity contribution in [1.82, 2.24) is 4.72 Å². The zero-order valence-electron chi connectivity index (χ0n) is 14.4. The van der Waals surface area contributed by atoms with Crippen LogP contribution in [0.2, 0.25) is 0 Å². The molecule has 0 radical (unpaired) electrons. The summed E-state index contributed by atoms with van der Waals surface area (Å²) in [7, 11) is -3.83. The number of rotatable bonds is 7. The molecule has 25 heavy (non-hydrogen) atoms. The summed E-state index contributed by atoms with van der Waals surface area (Å²) in [6.45, 7) is 4.60. The van der Waals surface area contributed by atoms with Crippen molar-refractivity contribution >= 4 is 21.6 Å². The standard InChI is InChI=1S/C17H22N2O5S/c1-4-16(20)19-13-7-8-14(12(2)10-13)25(22,23)18-11-17(3,21)15-6-5-9-24-15/h5-10,18,21H,4,11H2,1-3H3,(H,19,20). The number of furan rings is 1. The molecule has 3 N–H and O–H groups in total. The lowest BCUT2D eigenvalue weighted by molar-refractivity contribution is -0.115. The summed E-state index contributed by atoms with van der Waals surface area (Å²) in [4.78, 5) is 11.5. The minimum atomic E-state index is -3.83. The van der Waals surface area contributed by atoms with Crippen LogP contribution in [0, 0.1) is 6.92 Å². The van der Waals surface area contributed by atoms with Gasteiger partial charge in [0.2, 0.25) is 15.9 Å². The predicted octanol–water partition coefficient (Wildman–Crippen LogP) is 2.12. The molecule has 8 heteroatoms. The highest BCUT2D eigenvalue weighted by molar-refractivity contribution is 7.89. The van der Waals surface area contributed by atoms with E-state index < -0.39 is 15.6 Å². The van der Waals surface area contributed by atoms with Crippen LogP contribution in [-0.2, 0) is 20.4 Å². The molecule has 0 bridgehead atoms. The van der Waals surface area contributed by atoms with Crippen LogP contribution in [0.25, 0.3) is 0 Å². The molecule has 136 valence electrons. The van der Waals surface area contributed by atoms with Gasteiger partial charge in [-0.2, -0.15) is 0 Å². The number of hydrogen-bond acceptors (Lipinski definition) is 5. The largest absolute Gasteiger partial charge is 0.466 e. The van der Waals surface area contributed by atoms with E-state index in [9.17, 15) is 18.3 Å². The van der Waals surface area contributed by atoms with E-state index in [1.54, 1.807) is 32.0 Å². The molecule has 0 spiro atoms. The van der Waals surface area contributed by atoms with E-state index in [0.717, 1.165) is 0 Å². The summed E-state index contributed by atoms with van der Waals surface area (Å²) < 4.78 is 32.6. The quantitative estimate of drug-likeness (QED) is 0.695. The molecule has 1 amide bonds. The summed E-state index contributed by atoms with van der Waals surface area (Å²) in [6, 6.07) is 7.73. The molecule has 0 saturated heterocycles. The molecule has 1 aromatic carbocycles. The van der Waals surface area contributed by atoms with Crippen LogP contribution in [0.4, 0.5) is 5.69 Å². The van der Waals surface area contributed by atoms with Gasteiger partial charge in [-0.15, -0.1) is 0 Å². The molecule has 1 unspecified atom stereocenters. The van der Waals surface area contributed by atoms with Crippen LogP contribution in [0.3, 0.4) is 0 Å². The maximum absolute atomic E-state index is 12.5. The van der Waals surface area contributed by atoms with Crippen molar-refractivity contribution in [2.75, 3.05) is 11.9 Å². The van der Waals surface area contributed by atoms with E-state index in [0.29, 0.717) is 17.7 Å². The predicted molar refractivity (Wildman–Crippen MR) is 93.6 cm³/mol. The first-order valence-corrected chi connectivity index (χ1v) is 9.30. The summed E-state index contributed by atoms with van der Waals surface area (Å²) in [5.74, 6) is 0.118. The highest BCUT2D eigenvalue weighted by Crippen LogP contribution is 2.23. The highest BCUT2D eigenvalue weighted by atomic mass is 32.2. The molecular formula is C17H22N2O5S. The number of nitrogens with one attached hydrogen (secondary N) is 2. The number of aliphatic hydroxyl groups is 1. The molecule has 1 atom stereocenters. The van der Waals surface area contributed by atoms with E-state index in [-0.39, 0.29) is 23.1 Å². The van der Waals surface area contributed by atoms with Gasteiger partial charge in [0, 0.05) is 18.7 Å². The second kappa shape index (κ2) is 7.38. The Kier molecular flexibility index (Phi) is 5.66. The summed E-state index contributed by atoms with van der Waals surface area (Å²) in [6.07, 6.45) is 1.74. The van der Waals surface area contributed by atoms with Gasteiger partial charge in [-0.3, -0.25) is 4.79 Å². The molecule has 0 fully saturated rings. The zero-order chi connectivity index (χ0) is 18.7. The first-order valence-electron chi connectivity index (χ1n) is 7.82. The molecule has 1 aromatic heterocycles. The zero-order valence-corrected chi connectivity index (χ0v) is 15.2. The number of amides is 1. The SMILES string of the molecule is CCC(=O)Nc1ccc(S(=O)(=O)NCC(C)(O)c2ccco2)c(C)c1. The number of hydrogen-bond donors (Lipinski definition) is 3. The van der Waals surface area contributed by atoms with Crippen LogP contribution in [-0.4, -0.2) is 26.0 Å². The molecule has 0 aliphatic heterocycles. The average Bonchev–Trinajstić information content (AvgIpc) is 3.08. The smallest absolute Gasteiger partial charge is 0.240 e. The van der Waals surface area contributed by atoms with Gasteiger partial charge < -0.3 is 14.8 Å². The number of carbonyl (C=O) groups is 1. The van der Waals surface area contributed by atoms with Crippen molar-refractivity contribution < 1.29 is 22.7 Å². The van der Waals surface area contributed by atoms with Gasteiger partial charge in [-0.25, -0.2) is 13.1 Å². The van der Waals surface area contributed by atoms with E-state index in [2.05, 4.69) is 10.0 Å². The minimum absolute atomic E-state index is 0.0808. The minimum Gasteiger partial charge on any atom is -0.466 e. The second-order valence-corrected chi connectivity index (χ2v) is 7.69. The van der Waals surface area contributed by atoms with E-state index >= 15 is 0 Å². The van der Waals surface area contributed by atoms with E-state index in [4.69, 9.17) is 4.42 Å². The van der Waals surface area contributed by atoms with Gasteiger partial charge in [-0.05, 0) is 49.7 Å². The Balaban J connectivity index is 2.15. The van der Waals surface area contributed by atoms with Crippen molar-refractivity contribution in [2.24, 2.45) is 0 Å². The molecule has 2 rings (SSSR count). The number of aryl methyl sites for hydroxylation is 1. The number of anilines is 1. The summed E-state index contributed by atoms with van der Waals surface area (Å²) >= 11 is 0. The monoisotopic (exact) mass is 366 g/mol. The third-order valence-electron chi connectivity index (χ3n) is 3.73. The van der Waals surface area contributed by atoms with Crippen molar-refractivity contribution in [3.63, 3.8) is 0 Å². The third-order valence-corrected chi connectivity index (χ3v) is 5.29. The van der Waals surface area contributed by atoms with Gasteiger partial charge in [-0.1, -0.05) is 6.92 Å².